The Labute approximate surface area is 197 Å². The van der Waals surface area contributed by atoms with Gasteiger partial charge < -0.3 is 26.0 Å². The van der Waals surface area contributed by atoms with E-state index < -0.39 is 24.2 Å². The van der Waals surface area contributed by atoms with E-state index in [0.29, 0.717) is 18.2 Å². The van der Waals surface area contributed by atoms with Crippen LogP contribution in [0.1, 0.15) is 39.8 Å². The van der Waals surface area contributed by atoms with Crippen molar-refractivity contribution in [2.75, 3.05) is 17.2 Å². The Bertz CT molecular complexity index is 1100. The molecule has 1 saturated carbocycles. The van der Waals surface area contributed by atoms with Gasteiger partial charge in [0.15, 0.2) is 0 Å². The van der Waals surface area contributed by atoms with Gasteiger partial charge in [0.05, 0.1) is 34.3 Å². The smallest absolute Gasteiger partial charge is 0.225 e. The number of aromatic nitrogens is 4. The van der Waals surface area contributed by atoms with Gasteiger partial charge in [0.1, 0.15) is 22.4 Å². The first-order valence-corrected chi connectivity index (χ1v) is 12.0. The van der Waals surface area contributed by atoms with Gasteiger partial charge in [0, 0.05) is 24.8 Å². The van der Waals surface area contributed by atoms with Crippen molar-refractivity contribution < 1.29 is 15.3 Å². The molecule has 0 bridgehead atoms. The van der Waals surface area contributed by atoms with Crippen LogP contribution < -0.4 is 10.6 Å². The maximum absolute atomic E-state index is 10.6. The molecule has 33 heavy (non-hydrogen) atoms. The number of aliphatic hydroxyl groups is 3. The van der Waals surface area contributed by atoms with E-state index in [-0.39, 0.29) is 18.1 Å². The van der Waals surface area contributed by atoms with Crippen LogP contribution in [-0.2, 0) is 0 Å². The molecule has 0 aromatic carbocycles. The second-order valence-corrected chi connectivity index (χ2v) is 10.9. The monoisotopic (exact) mass is 472 g/mol. The number of pyridine rings is 1. The third-order valence-corrected chi connectivity index (χ3v) is 7.55. The summed E-state index contributed by atoms with van der Waals surface area (Å²) in [5.41, 5.74) is 2.29. The number of hydrogen-bond donors (Lipinski definition) is 5. The molecule has 0 spiro atoms. The summed E-state index contributed by atoms with van der Waals surface area (Å²) in [5.74, 6) is 0.625. The topological polar surface area (TPSA) is 136 Å². The van der Waals surface area contributed by atoms with E-state index in [1.165, 1.54) is 11.3 Å². The molecule has 4 rings (SSSR count). The Kier molecular flexibility index (Phi) is 6.54. The summed E-state index contributed by atoms with van der Waals surface area (Å²) in [4.78, 5) is 18.4. The first-order chi connectivity index (χ1) is 15.6. The fourth-order valence-electron chi connectivity index (χ4n) is 3.92. The molecule has 5 unspecified atom stereocenters. The summed E-state index contributed by atoms with van der Waals surface area (Å²) < 4.78 is 1.01. The van der Waals surface area contributed by atoms with Gasteiger partial charge in [-0.1, -0.05) is 20.8 Å². The van der Waals surface area contributed by atoms with Crippen molar-refractivity contribution in [1.82, 2.24) is 19.9 Å². The normalized spacial score (nSPS) is 24.2. The number of hydrogen-bond acceptors (Lipinski definition) is 10. The maximum Gasteiger partial charge on any atom is 0.225 e. The van der Waals surface area contributed by atoms with Gasteiger partial charge in [-0.25, -0.2) is 9.97 Å². The van der Waals surface area contributed by atoms with Crippen LogP contribution in [0, 0.1) is 18.3 Å². The van der Waals surface area contributed by atoms with Gasteiger partial charge in [-0.15, -0.1) is 11.3 Å². The summed E-state index contributed by atoms with van der Waals surface area (Å²) in [5, 5.41) is 37.9. The first kappa shape index (κ1) is 23.7. The van der Waals surface area contributed by atoms with Gasteiger partial charge >= 0.3 is 0 Å². The molecule has 9 nitrogen and oxygen atoms in total. The van der Waals surface area contributed by atoms with E-state index in [2.05, 4.69) is 43.3 Å². The van der Waals surface area contributed by atoms with Crippen LogP contribution in [0.5, 0.6) is 0 Å². The van der Waals surface area contributed by atoms with E-state index in [9.17, 15) is 15.3 Å². The Morgan fingerprint density at radius 3 is 2.58 bits per heavy atom. The lowest BCUT2D eigenvalue weighted by Crippen LogP contribution is -2.36. The molecule has 3 aromatic heterocycles. The quantitative estimate of drug-likeness (QED) is 0.367. The van der Waals surface area contributed by atoms with Crippen molar-refractivity contribution >= 4 is 33.3 Å². The third-order valence-electron chi connectivity index (χ3n) is 6.50. The van der Waals surface area contributed by atoms with E-state index in [1.54, 1.807) is 12.4 Å². The number of aliphatic hydroxyl groups excluding tert-OH is 3. The molecule has 1 aliphatic rings. The number of nitrogens with one attached hydrogen (secondary N) is 2. The second-order valence-electron chi connectivity index (χ2n) is 9.86. The molecule has 5 N–H and O–H groups in total. The maximum atomic E-state index is 10.6. The SMILES string of the molecule is Cc1nc(NC(C)C(C)(C)C)nc(NC2CC(CO)C(O)C2O)c1-c1nc2cnccc2s1. The molecule has 5 atom stereocenters. The minimum atomic E-state index is -1.02. The Balaban J connectivity index is 1.76. The van der Waals surface area contributed by atoms with Gasteiger partial charge in [-0.05, 0) is 31.7 Å². The van der Waals surface area contributed by atoms with Crippen molar-refractivity contribution in [3.8, 4) is 10.6 Å². The average molecular weight is 473 g/mol. The number of aryl methyl sites for hydroxylation is 1. The number of thiazole rings is 1. The first-order valence-electron chi connectivity index (χ1n) is 11.2. The molecule has 1 aliphatic carbocycles. The van der Waals surface area contributed by atoms with E-state index in [0.717, 1.165) is 26.5 Å². The molecule has 3 heterocycles. The van der Waals surface area contributed by atoms with Gasteiger partial charge in [0.25, 0.3) is 0 Å². The van der Waals surface area contributed by atoms with Crippen molar-refractivity contribution in [2.24, 2.45) is 11.3 Å². The summed E-state index contributed by atoms with van der Waals surface area (Å²) in [6, 6.07) is 1.57. The highest BCUT2D eigenvalue weighted by Crippen LogP contribution is 2.38. The van der Waals surface area contributed by atoms with Gasteiger partial charge in [-0.3, -0.25) is 4.98 Å². The zero-order valence-corrected chi connectivity index (χ0v) is 20.4. The van der Waals surface area contributed by atoms with E-state index >= 15 is 0 Å². The number of anilines is 2. The van der Waals surface area contributed by atoms with Crippen molar-refractivity contribution in [3.05, 3.63) is 24.2 Å². The van der Waals surface area contributed by atoms with Crippen LogP contribution in [0.2, 0.25) is 0 Å². The number of fused-ring (bicyclic) bond motifs is 1. The fourth-order valence-corrected chi connectivity index (χ4v) is 4.95. The lowest BCUT2D eigenvalue weighted by molar-refractivity contribution is 0.00446. The van der Waals surface area contributed by atoms with Gasteiger partial charge in [0.2, 0.25) is 5.95 Å². The minimum Gasteiger partial charge on any atom is -0.396 e. The zero-order chi connectivity index (χ0) is 23.9. The second kappa shape index (κ2) is 9.09. The molecule has 0 aliphatic heterocycles. The summed E-state index contributed by atoms with van der Waals surface area (Å²) in [7, 11) is 0. The van der Waals surface area contributed by atoms with Crippen molar-refractivity contribution in [3.63, 3.8) is 0 Å². The fraction of sp³-hybridized carbons (Fsp3) is 0.565. The van der Waals surface area contributed by atoms with Gasteiger partial charge in [-0.2, -0.15) is 4.98 Å². The predicted molar refractivity (Wildman–Crippen MR) is 130 cm³/mol. The van der Waals surface area contributed by atoms with Crippen molar-refractivity contribution in [2.45, 2.75) is 65.3 Å². The highest BCUT2D eigenvalue weighted by molar-refractivity contribution is 7.21. The zero-order valence-electron chi connectivity index (χ0n) is 19.6. The molecule has 178 valence electrons. The van der Waals surface area contributed by atoms with Crippen LogP contribution in [-0.4, -0.2) is 66.2 Å². The summed E-state index contributed by atoms with van der Waals surface area (Å²) >= 11 is 1.52. The third kappa shape index (κ3) is 4.79. The standard InChI is InChI=1S/C23H32N6O3S/c1-11-17(21-28-15-9-24-7-6-16(15)33-21)20(27-14-8-13(10-30)18(31)19(14)32)29-22(25-11)26-12(2)23(3,4)5/h6-7,9,12-14,18-19,30-32H,8,10H2,1-5H3,(H2,25,26,27,29). The number of nitrogens with zero attached hydrogens (tertiary/aromatic N) is 4. The van der Waals surface area contributed by atoms with E-state index in [1.807, 2.05) is 13.0 Å². The van der Waals surface area contributed by atoms with Crippen LogP contribution in [0.15, 0.2) is 18.5 Å². The molecule has 0 radical (unpaired) electrons. The molecule has 3 aromatic rings. The number of rotatable bonds is 6. The highest BCUT2D eigenvalue weighted by atomic mass is 32.1. The molecule has 10 heteroatoms. The summed E-state index contributed by atoms with van der Waals surface area (Å²) in [6.45, 7) is 10.2. The van der Waals surface area contributed by atoms with Crippen LogP contribution >= 0.6 is 11.3 Å². The largest absolute Gasteiger partial charge is 0.396 e. The minimum absolute atomic E-state index is 0.00363. The van der Waals surface area contributed by atoms with Crippen LogP contribution in [0.25, 0.3) is 20.8 Å². The molecule has 1 fully saturated rings. The van der Waals surface area contributed by atoms with Crippen LogP contribution in [0.3, 0.4) is 0 Å². The molecular weight excluding hydrogens is 440 g/mol. The Hall–Kier alpha value is -2.40. The highest BCUT2D eigenvalue weighted by Gasteiger charge is 2.41. The average Bonchev–Trinajstić information content (AvgIpc) is 3.28. The Morgan fingerprint density at radius 1 is 1.18 bits per heavy atom. The molecular formula is C23H32N6O3S. The van der Waals surface area contributed by atoms with E-state index in [4.69, 9.17) is 15.0 Å². The van der Waals surface area contributed by atoms with Crippen LogP contribution in [0.4, 0.5) is 11.8 Å². The van der Waals surface area contributed by atoms with Crippen molar-refractivity contribution in [1.29, 1.82) is 0 Å². The lowest BCUT2D eigenvalue weighted by Gasteiger charge is -2.28. The summed E-state index contributed by atoms with van der Waals surface area (Å²) in [6.07, 6.45) is 1.87. The molecule has 0 saturated heterocycles. The Morgan fingerprint density at radius 2 is 1.94 bits per heavy atom. The molecule has 0 amide bonds. The lowest BCUT2D eigenvalue weighted by atomic mass is 9.88. The predicted octanol–water partition coefficient (Wildman–Crippen LogP) is 2.82.